The van der Waals surface area contributed by atoms with Gasteiger partial charge >= 0.3 is 6.18 Å². The molecule has 0 bridgehead atoms. The van der Waals surface area contributed by atoms with E-state index >= 15 is 0 Å². The standard InChI is InChI=1S/C12H14F3NO/c1-4-11(17)10-6-8(12(13,14)15)5-9(16-10)7(2)3/h5-7H,4H2,1-3H3. The molecular weight excluding hydrogens is 231 g/mol. The summed E-state index contributed by atoms with van der Waals surface area (Å²) in [5, 5.41) is 0. The summed E-state index contributed by atoms with van der Waals surface area (Å²) < 4.78 is 37.9. The largest absolute Gasteiger partial charge is 0.416 e. The molecule has 0 saturated heterocycles. The molecule has 0 aliphatic heterocycles. The molecule has 1 heterocycles. The van der Waals surface area contributed by atoms with E-state index in [2.05, 4.69) is 4.98 Å². The maximum Gasteiger partial charge on any atom is 0.416 e. The Balaban J connectivity index is 3.34. The van der Waals surface area contributed by atoms with Gasteiger partial charge < -0.3 is 0 Å². The maximum absolute atomic E-state index is 12.6. The first-order chi connectivity index (χ1) is 7.75. The fourth-order valence-electron chi connectivity index (χ4n) is 1.34. The predicted octanol–water partition coefficient (Wildman–Crippen LogP) is 3.82. The molecule has 0 atom stereocenters. The summed E-state index contributed by atoms with van der Waals surface area (Å²) in [5.74, 6) is -0.529. The molecule has 0 fully saturated rings. The Morgan fingerprint density at radius 2 is 1.94 bits per heavy atom. The molecule has 1 rings (SSSR count). The van der Waals surface area contributed by atoms with Crippen LogP contribution in [0.2, 0.25) is 0 Å². The van der Waals surface area contributed by atoms with Crippen molar-refractivity contribution in [3.8, 4) is 0 Å². The Morgan fingerprint density at radius 1 is 1.35 bits per heavy atom. The molecule has 0 aliphatic rings. The number of ketones is 1. The summed E-state index contributed by atoms with van der Waals surface area (Å²) in [5.41, 5.74) is -0.629. The molecule has 0 amide bonds. The average Bonchev–Trinajstić information content (AvgIpc) is 2.26. The van der Waals surface area contributed by atoms with Crippen LogP contribution in [0.1, 0.15) is 54.9 Å². The van der Waals surface area contributed by atoms with Crippen LogP contribution in [0, 0.1) is 0 Å². The third kappa shape index (κ3) is 3.28. The monoisotopic (exact) mass is 245 g/mol. The lowest BCUT2D eigenvalue weighted by molar-refractivity contribution is -0.137. The first-order valence-electron chi connectivity index (χ1n) is 5.38. The van der Waals surface area contributed by atoms with Crippen molar-refractivity contribution < 1.29 is 18.0 Å². The smallest absolute Gasteiger partial charge is 0.292 e. The van der Waals surface area contributed by atoms with E-state index < -0.39 is 11.7 Å². The van der Waals surface area contributed by atoms with Gasteiger partial charge in [0, 0.05) is 12.1 Å². The van der Waals surface area contributed by atoms with Gasteiger partial charge in [0.1, 0.15) is 5.69 Å². The van der Waals surface area contributed by atoms with E-state index in [1.54, 1.807) is 20.8 Å². The number of rotatable bonds is 3. The Bertz CT molecular complexity index is 424. The van der Waals surface area contributed by atoms with E-state index in [0.717, 1.165) is 12.1 Å². The lowest BCUT2D eigenvalue weighted by Crippen LogP contribution is -2.11. The van der Waals surface area contributed by atoms with Gasteiger partial charge in [0.05, 0.1) is 5.56 Å². The van der Waals surface area contributed by atoms with Crippen LogP contribution in [-0.2, 0) is 6.18 Å². The Kier molecular flexibility index (Phi) is 3.91. The van der Waals surface area contributed by atoms with Crippen molar-refractivity contribution in [2.24, 2.45) is 0 Å². The third-order valence-corrected chi connectivity index (χ3v) is 2.37. The normalized spacial score (nSPS) is 11.9. The molecule has 0 N–H and O–H groups in total. The van der Waals surface area contributed by atoms with Crippen molar-refractivity contribution in [1.82, 2.24) is 4.98 Å². The number of pyridine rings is 1. The summed E-state index contributed by atoms with van der Waals surface area (Å²) in [7, 11) is 0. The number of carbonyl (C=O) groups is 1. The highest BCUT2D eigenvalue weighted by atomic mass is 19.4. The van der Waals surface area contributed by atoms with E-state index in [-0.39, 0.29) is 29.5 Å². The molecule has 0 radical (unpaired) electrons. The van der Waals surface area contributed by atoms with Gasteiger partial charge in [0.25, 0.3) is 0 Å². The second-order valence-electron chi connectivity index (χ2n) is 4.10. The van der Waals surface area contributed by atoms with E-state index in [1.165, 1.54) is 0 Å². The van der Waals surface area contributed by atoms with Crippen LogP contribution in [0.4, 0.5) is 13.2 Å². The number of aromatic nitrogens is 1. The Morgan fingerprint density at radius 3 is 2.35 bits per heavy atom. The highest BCUT2D eigenvalue weighted by Gasteiger charge is 2.32. The number of nitrogens with zero attached hydrogens (tertiary/aromatic N) is 1. The summed E-state index contributed by atoms with van der Waals surface area (Å²) in [6.45, 7) is 5.07. The van der Waals surface area contributed by atoms with Crippen molar-refractivity contribution in [3.05, 3.63) is 29.1 Å². The Hall–Kier alpha value is -1.39. The van der Waals surface area contributed by atoms with E-state index in [0.29, 0.717) is 0 Å². The zero-order valence-corrected chi connectivity index (χ0v) is 9.93. The van der Waals surface area contributed by atoms with Crippen LogP contribution in [0.3, 0.4) is 0 Å². The molecular formula is C12H14F3NO. The number of halogens is 3. The summed E-state index contributed by atoms with van der Waals surface area (Å²) in [6, 6.07) is 1.81. The molecule has 17 heavy (non-hydrogen) atoms. The van der Waals surface area contributed by atoms with Crippen molar-refractivity contribution >= 4 is 5.78 Å². The van der Waals surface area contributed by atoms with Crippen LogP contribution in [0.25, 0.3) is 0 Å². The van der Waals surface area contributed by atoms with Crippen molar-refractivity contribution in [2.45, 2.75) is 39.3 Å². The van der Waals surface area contributed by atoms with Gasteiger partial charge in [-0.05, 0) is 18.1 Å². The summed E-state index contributed by atoms with van der Waals surface area (Å²) >= 11 is 0. The predicted molar refractivity (Wildman–Crippen MR) is 57.9 cm³/mol. The molecule has 0 aliphatic carbocycles. The summed E-state index contributed by atoms with van der Waals surface area (Å²) in [4.78, 5) is 15.4. The number of alkyl halides is 3. The molecule has 1 aromatic rings. The van der Waals surface area contributed by atoms with E-state index in [9.17, 15) is 18.0 Å². The molecule has 0 saturated carbocycles. The second kappa shape index (κ2) is 4.85. The minimum atomic E-state index is -4.45. The second-order valence-corrected chi connectivity index (χ2v) is 4.10. The lowest BCUT2D eigenvalue weighted by Gasteiger charge is -2.12. The van der Waals surface area contributed by atoms with Gasteiger partial charge in [0.2, 0.25) is 0 Å². The molecule has 0 aromatic carbocycles. The van der Waals surface area contributed by atoms with Crippen LogP contribution < -0.4 is 0 Å². The fraction of sp³-hybridized carbons (Fsp3) is 0.500. The number of hydrogen-bond acceptors (Lipinski definition) is 2. The highest BCUT2D eigenvalue weighted by molar-refractivity contribution is 5.94. The third-order valence-electron chi connectivity index (χ3n) is 2.37. The van der Waals surface area contributed by atoms with Gasteiger partial charge in [-0.2, -0.15) is 13.2 Å². The van der Waals surface area contributed by atoms with Crippen LogP contribution in [0.5, 0.6) is 0 Å². The molecule has 2 nitrogen and oxygen atoms in total. The topological polar surface area (TPSA) is 30.0 Å². The average molecular weight is 245 g/mol. The van der Waals surface area contributed by atoms with Crippen molar-refractivity contribution in [2.75, 3.05) is 0 Å². The van der Waals surface area contributed by atoms with Gasteiger partial charge in [-0.25, -0.2) is 4.98 Å². The summed E-state index contributed by atoms with van der Waals surface area (Å²) in [6.07, 6.45) is -4.30. The quantitative estimate of drug-likeness (QED) is 0.758. The van der Waals surface area contributed by atoms with Gasteiger partial charge in [-0.15, -0.1) is 0 Å². The minimum Gasteiger partial charge on any atom is -0.292 e. The highest BCUT2D eigenvalue weighted by Crippen LogP contribution is 2.31. The van der Waals surface area contributed by atoms with Gasteiger partial charge in [-0.1, -0.05) is 20.8 Å². The van der Waals surface area contributed by atoms with Crippen molar-refractivity contribution in [3.63, 3.8) is 0 Å². The molecule has 5 heteroatoms. The Labute approximate surface area is 97.9 Å². The zero-order chi connectivity index (χ0) is 13.2. The zero-order valence-electron chi connectivity index (χ0n) is 9.93. The van der Waals surface area contributed by atoms with Crippen molar-refractivity contribution in [1.29, 1.82) is 0 Å². The van der Waals surface area contributed by atoms with Crippen LogP contribution in [-0.4, -0.2) is 10.8 Å². The van der Waals surface area contributed by atoms with Gasteiger partial charge in [-0.3, -0.25) is 4.79 Å². The van der Waals surface area contributed by atoms with Crippen LogP contribution >= 0.6 is 0 Å². The van der Waals surface area contributed by atoms with Crippen LogP contribution in [0.15, 0.2) is 12.1 Å². The maximum atomic E-state index is 12.6. The molecule has 94 valence electrons. The SMILES string of the molecule is CCC(=O)c1cc(C(F)(F)F)cc(C(C)C)n1. The molecule has 1 aromatic heterocycles. The van der Waals surface area contributed by atoms with E-state index in [1.807, 2.05) is 0 Å². The fourth-order valence-corrected chi connectivity index (χ4v) is 1.34. The number of hydrogen-bond donors (Lipinski definition) is 0. The van der Waals surface area contributed by atoms with Gasteiger partial charge in [0.15, 0.2) is 5.78 Å². The number of carbonyl (C=O) groups excluding carboxylic acids is 1. The van der Waals surface area contributed by atoms with E-state index in [4.69, 9.17) is 0 Å². The first-order valence-corrected chi connectivity index (χ1v) is 5.38. The number of Topliss-reactive ketones (excluding diaryl/α,β-unsaturated/α-hetero) is 1. The minimum absolute atomic E-state index is 0.106. The first kappa shape index (κ1) is 13.7. The molecule has 0 unspecified atom stereocenters. The molecule has 0 spiro atoms. The lowest BCUT2D eigenvalue weighted by atomic mass is 10.0.